The molecule has 1 atom stereocenters. The Balaban J connectivity index is 1.91. The molecule has 1 aromatic heterocycles. The largest absolute Gasteiger partial charge is 0.319 e. The molecule has 108 valence electrons. The van der Waals surface area contributed by atoms with E-state index in [0.717, 1.165) is 23.9 Å². The molecule has 20 heavy (non-hydrogen) atoms. The van der Waals surface area contributed by atoms with Gasteiger partial charge in [-0.3, -0.25) is 4.68 Å². The van der Waals surface area contributed by atoms with E-state index in [4.69, 9.17) is 0 Å². The topological polar surface area (TPSA) is 29.9 Å². The summed E-state index contributed by atoms with van der Waals surface area (Å²) in [5, 5.41) is 7.54. The second-order valence-electron chi connectivity index (χ2n) is 5.32. The molecule has 0 radical (unpaired) electrons. The summed E-state index contributed by atoms with van der Waals surface area (Å²) in [6.07, 6.45) is 7.47. The fourth-order valence-corrected chi connectivity index (χ4v) is 2.75. The minimum atomic E-state index is 0.654. The monoisotopic (exact) mass is 335 g/mol. The number of aromatic nitrogens is 2. The van der Waals surface area contributed by atoms with Crippen LogP contribution in [0.15, 0.2) is 41.1 Å². The van der Waals surface area contributed by atoms with Gasteiger partial charge >= 0.3 is 0 Å². The number of halogens is 1. The highest BCUT2D eigenvalue weighted by Crippen LogP contribution is 2.17. The number of nitrogens with zero attached hydrogens (tertiary/aromatic N) is 2. The second-order valence-corrected chi connectivity index (χ2v) is 6.23. The average Bonchev–Trinajstić information content (AvgIpc) is 2.85. The molecule has 0 aliphatic heterocycles. The Kier molecular flexibility index (Phi) is 5.80. The number of benzene rings is 1. The van der Waals surface area contributed by atoms with Crippen molar-refractivity contribution in [3.05, 3.63) is 52.3 Å². The smallest absolute Gasteiger partial charge is 0.0521 e. The summed E-state index contributed by atoms with van der Waals surface area (Å²) in [5.74, 6) is 0.654. The maximum Gasteiger partial charge on any atom is 0.0521 e. The number of hydrogen-bond acceptors (Lipinski definition) is 2. The Morgan fingerprint density at radius 3 is 2.60 bits per heavy atom. The molecular weight excluding hydrogens is 314 g/mol. The molecule has 0 amide bonds. The normalized spacial score (nSPS) is 12.6. The van der Waals surface area contributed by atoms with Crippen LogP contribution >= 0.6 is 15.9 Å². The fraction of sp³-hybridized carbons (Fsp3) is 0.438. The van der Waals surface area contributed by atoms with Crippen molar-refractivity contribution in [2.45, 2.75) is 19.3 Å². The van der Waals surface area contributed by atoms with E-state index in [0.29, 0.717) is 5.92 Å². The van der Waals surface area contributed by atoms with Crippen LogP contribution in [0.4, 0.5) is 0 Å². The minimum Gasteiger partial charge on any atom is -0.319 e. The summed E-state index contributed by atoms with van der Waals surface area (Å²) in [5.41, 5.74) is 2.73. The lowest BCUT2D eigenvalue weighted by atomic mass is 9.93. The van der Waals surface area contributed by atoms with Gasteiger partial charge in [-0.2, -0.15) is 5.10 Å². The van der Waals surface area contributed by atoms with E-state index in [-0.39, 0.29) is 0 Å². The van der Waals surface area contributed by atoms with E-state index in [1.165, 1.54) is 17.5 Å². The van der Waals surface area contributed by atoms with Gasteiger partial charge in [-0.25, -0.2) is 0 Å². The van der Waals surface area contributed by atoms with E-state index in [1.54, 1.807) is 0 Å². The first kappa shape index (κ1) is 15.3. The van der Waals surface area contributed by atoms with Crippen LogP contribution in [0.1, 0.15) is 17.5 Å². The summed E-state index contributed by atoms with van der Waals surface area (Å²) >= 11 is 3.48. The van der Waals surface area contributed by atoms with Crippen molar-refractivity contribution in [2.75, 3.05) is 13.6 Å². The van der Waals surface area contributed by atoms with Gasteiger partial charge in [0.2, 0.25) is 0 Å². The Labute approximate surface area is 129 Å². The van der Waals surface area contributed by atoms with E-state index in [2.05, 4.69) is 56.8 Å². The van der Waals surface area contributed by atoms with Gasteiger partial charge < -0.3 is 5.32 Å². The van der Waals surface area contributed by atoms with Crippen LogP contribution in [0.2, 0.25) is 0 Å². The lowest BCUT2D eigenvalue weighted by Crippen LogP contribution is -2.21. The van der Waals surface area contributed by atoms with Crippen LogP contribution in [0.25, 0.3) is 0 Å². The van der Waals surface area contributed by atoms with E-state index >= 15 is 0 Å². The van der Waals surface area contributed by atoms with Gasteiger partial charge in [0.1, 0.15) is 0 Å². The molecule has 0 spiro atoms. The van der Waals surface area contributed by atoms with Crippen molar-refractivity contribution in [2.24, 2.45) is 13.0 Å². The number of hydrogen-bond donors (Lipinski definition) is 1. The highest BCUT2D eigenvalue weighted by atomic mass is 79.9. The van der Waals surface area contributed by atoms with Gasteiger partial charge in [0.15, 0.2) is 0 Å². The van der Waals surface area contributed by atoms with Gasteiger partial charge in [-0.05, 0) is 62.0 Å². The molecule has 2 rings (SSSR count). The number of nitrogens with one attached hydrogen (secondary N) is 1. The Hall–Kier alpha value is -1.13. The maximum absolute atomic E-state index is 4.23. The van der Waals surface area contributed by atoms with Gasteiger partial charge in [-0.15, -0.1) is 0 Å². The van der Waals surface area contributed by atoms with Crippen LogP contribution in [0, 0.1) is 5.92 Å². The summed E-state index contributed by atoms with van der Waals surface area (Å²) < 4.78 is 3.01. The molecule has 1 unspecified atom stereocenters. The first-order chi connectivity index (χ1) is 9.67. The van der Waals surface area contributed by atoms with Gasteiger partial charge in [-0.1, -0.05) is 28.1 Å². The lowest BCUT2D eigenvalue weighted by molar-refractivity contribution is 0.461. The lowest BCUT2D eigenvalue weighted by Gasteiger charge is -2.16. The molecule has 1 N–H and O–H groups in total. The van der Waals surface area contributed by atoms with Crippen LogP contribution < -0.4 is 5.32 Å². The van der Waals surface area contributed by atoms with Crippen LogP contribution in [-0.4, -0.2) is 23.4 Å². The van der Waals surface area contributed by atoms with Crippen molar-refractivity contribution >= 4 is 15.9 Å². The molecule has 0 bridgehead atoms. The van der Waals surface area contributed by atoms with E-state index in [1.807, 2.05) is 25.0 Å². The van der Waals surface area contributed by atoms with Crippen molar-refractivity contribution in [3.8, 4) is 0 Å². The third-order valence-electron chi connectivity index (χ3n) is 3.53. The average molecular weight is 336 g/mol. The summed E-state index contributed by atoms with van der Waals surface area (Å²) in [6, 6.07) is 8.65. The first-order valence-corrected chi connectivity index (χ1v) is 7.83. The zero-order valence-electron chi connectivity index (χ0n) is 12.1. The first-order valence-electron chi connectivity index (χ1n) is 7.04. The van der Waals surface area contributed by atoms with E-state index in [9.17, 15) is 0 Å². The predicted octanol–water partition coefficient (Wildman–Crippen LogP) is 3.19. The molecule has 0 aliphatic rings. The second kappa shape index (κ2) is 7.60. The van der Waals surface area contributed by atoms with Crippen molar-refractivity contribution < 1.29 is 0 Å². The molecule has 2 aromatic rings. The highest BCUT2D eigenvalue weighted by molar-refractivity contribution is 9.10. The van der Waals surface area contributed by atoms with Gasteiger partial charge in [0.25, 0.3) is 0 Å². The summed E-state index contributed by atoms with van der Waals surface area (Å²) in [4.78, 5) is 0. The third kappa shape index (κ3) is 4.76. The SMILES string of the molecule is CNCC(CCc1cnn(C)c1)Cc1ccc(Br)cc1. The zero-order chi connectivity index (χ0) is 14.4. The van der Waals surface area contributed by atoms with Crippen molar-refractivity contribution in [1.29, 1.82) is 0 Å². The zero-order valence-corrected chi connectivity index (χ0v) is 13.7. The Morgan fingerprint density at radius 1 is 1.25 bits per heavy atom. The van der Waals surface area contributed by atoms with Crippen molar-refractivity contribution in [3.63, 3.8) is 0 Å². The third-order valence-corrected chi connectivity index (χ3v) is 4.06. The molecule has 0 aliphatic carbocycles. The summed E-state index contributed by atoms with van der Waals surface area (Å²) in [6.45, 7) is 1.05. The predicted molar refractivity (Wildman–Crippen MR) is 86.8 cm³/mol. The number of rotatable bonds is 7. The van der Waals surface area contributed by atoms with Crippen LogP contribution in [0.3, 0.4) is 0 Å². The molecule has 0 saturated heterocycles. The molecule has 1 heterocycles. The highest BCUT2D eigenvalue weighted by Gasteiger charge is 2.10. The quantitative estimate of drug-likeness (QED) is 0.842. The minimum absolute atomic E-state index is 0.654. The van der Waals surface area contributed by atoms with Gasteiger partial charge in [0, 0.05) is 17.7 Å². The maximum atomic E-state index is 4.23. The number of aryl methyl sites for hydroxylation is 2. The molecule has 3 nitrogen and oxygen atoms in total. The Bertz CT molecular complexity index is 519. The van der Waals surface area contributed by atoms with E-state index < -0.39 is 0 Å². The van der Waals surface area contributed by atoms with Crippen molar-refractivity contribution in [1.82, 2.24) is 15.1 Å². The molecule has 0 fully saturated rings. The molecular formula is C16H22BrN3. The Morgan fingerprint density at radius 2 is 2.00 bits per heavy atom. The standard InChI is InChI=1S/C16H22BrN3/c1-18-10-14(3-4-15-11-19-20(2)12-15)9-13-5-7-16(17)8-6-13/h5-8,11-12,14,18H,3-4,9-10H2,1-2H3. The molecule has 1 aromatic carbocycles. The molecule has 0 saturated carbocycles. The van der Waals surface area contributed by atoms with Crippen LogP contribution in [-0.2, 0) is 19.9 Å². The molecule has 4 heteroatoms. The summed E-state index contributed by atoms with van der Waals surface area (Å²) in [7, 11) is 4.00. The van der Waals surface area contributed by atoms with Gasteiger partial charge in [0.05, 0.1) is 6.20 Å². The fourth-order valence-electron chi connectivity index (χ4n) is 2.49. The van der Waals surface area contributed by atoms with Crippen LogP contribution in [0.5, 0.6) is 0 Å².